The van der Waals surface area contributed by atoms with E-state index < -0.39 is 21.3 Å². The summed E-state index contributed by atoms with van der Waals surface area (Å²) in [6, 6.07) is 6.72. The Morgan fingerprint density at radius 1 is 1.11 bits per heavy atom. The van der Waals surface area contributed by atoms with E-state index in [1.54, 1.807) is 0 Å². The van der Waals surface area contributed by atoms with Crippen LogP contribution in [0.5, 0.6) is 0 Å². The second-order valence-electron chi connectivity index (χ2n) is 7.57. The fourth-order valence-electron chi connectivity index (χ4n) is 3.63. The van der Waals surface area contributed by atoms with Crippen LogP contribution >= 0.6 is 0 Å². The van der Waals surface area contributed by atoms with E-state index in [0.717, 1.165) is 43.4 Å². The van der Waals surface area contributed by atoms with Crippen molar-refractivity contribution < 1.29 is 17.9 Å². The van der Waals surface area contributed by atoms with Gasteiger partial charge in [0.25, 0.3) is 0 Å². The van der Waals surface area contributed by atoms with Crippen LogP contribution in [0.25, 0.3) is 0 Å². The van der Waals surface area contributed by atoms with Crippen molar-refractivity contribution in [3.63, 3.8) is 0 Å². The number of benzene rings is 1. The molecule has 1 aromatic rings. The average Bonchev–Trinajstić information content (AvgIpc) is 2.59. The second kappa shape index (κ2) is 11.0. The molecule has 2 atom stereocenters. The summed E-state index contributed by atoms with van der Waals surface area (Å²) in [5, 5.41) is 0.878. The number of nitrogens with zero attached hydrogens (tertiary/aromatic N) is 1. The highest BCUT2D eigenvalue weighted by Crippen LogP contribution is 2.28. The minimum Gasteiger partial charge on any atom is -0.373 e. The summed E-state index contributed by atoms with van der Waals surface area (Å²) in [6.45, 7) is 7.48. The largest absolute Gasteiger partial charge is 0.416 e. The maximum Gasteiger partial charge on any atom is 0.416 e. The first kappa shape index (κ1) is 22.2. The van der Waals surface area contributed by atoms with Crippen molar-refractivity contribution in [2.24, 2.45) is 0 Å². The fraction of sp³-hybridized carbons (Fsp3) is 0.619. The smallest absolute Gasteiger partial charge is 0.373 e. The molecule has 0 bridgehead atoms. The molecule has 0 aromatic heterocycles. The van der Waals surface area contributed by atoms with E-state index in [9.17, 15) is 13.2 Å². The Hall–Kier alpha value is -1.11. The van der Waals surface area contributed by atoms with Crippen molar-refractivity contribution in [3.8, 4) is 0 Å². The van der Waals surface area contributed by atoms with Gasteiger partial charge in [0.05, 0.1) is 27.3 Å². The molecule has 1 aromatic carbocycles. The first-order chi connectivity index (χ1) is 12.8. The molecule has 2 rings (SSSR count). The van der Waals surface area contributed by atoms with E-state index in [4.69, 9.17) is 4.74 Å². The number of rotatable bonds is 9. The van der Waals surface area contributed by atoms with Crippen LogP contribution in [0.15, 0.2) is 36.4 Å². The molecule has 152 valence electrons. The molecule has 1 fully saturated rings. The zero-order valence-electron chi connectivity index (χ0n) is 16.5. The van der Waals surface area contributed by atoms with Gasteiger partial charge in [-0.2, -0.15) is 13.2 Å². The minimum absolute atomic E-state index is 0.331. The summed E-state index contributed by atoms with van der Waals surface area (Å²) < 4.78 is 43.9. The molecular formula is C21H32F3NOSi. The van der Waals surface area contributed by atoms with Gasteiger partial charge in [-0.1, -0.05) is 48.0 Å². The van der Waals surface area contributed by atoms with Gasteiger partial charge >= 0.3 is 6.18 Å². The number of alkyl halides is 3. The van der Waals surface area contributed by atoms with E-state index in [0.29, 0.717) is 12.2 Å². The third-order valence-electron chi connectivity index (χ3n) is 4.86. The van der Waals surface area contributed by atoms with E-state index in [2.05, 4.69) is 30.9 Å². The number of hydrogen-bond donors (Lipinski definition) is 0. The molecule has 1 aliphatic rings. The summed E-state index contributed by atoms with van der Waals surface area (Å²) in [6.07, 6.45) is 5.44. The molecule has 1 heterocycles. The summed E-state index contributed by atoms with van der Waals surface area (Å²) in [5.74, 6) is 0. The molecule has 27 heavy (non-hydrogen) atoms. The molecule has 0 aliphatic carbocycles. The molecular weight excluding hydrogens is 367 g/mol. The normalized spacial score (nSPS) is 22.3. The highest BCUT2D eigenvalue weighted by Gasteiger charge is 2.30. The van der Waals surface area contributed by atoms with Gasteiger partial charge in [-0.05, 0) is 45.7 Å². The number of morpholine rings is 1. The van der Waals surface area contributed by atoms with Crippen molar-refractivity contribution in [1.82, 2.24) is 4.90 Å². The molecule has 0 saturated carbocycles. The Labute approximate surface area is 163 Å². The summed E-state index contributed by atoms with van der Waals surface area (Å²) >= 11 is 0. The van der Waals surface area contributed by atoms with Gasteiger partial charge in [0.2, 0.25) is 0 Å². The van der Waals surface area contributed by atoms with E-state index >= 15 is 0 Å². The maximum absolute atomic E-state index is 12.7. The molecule has 2 nitrogen and oxygen atoms in total. The van der Waals surface area contributed by atoms with Crippen LogP contribution in [0, 0.1) is 0 Å². The standard InChI is InChI=1S/C21H32F3NOSi/c1-17-15-25(16-18(2)26-17)12-7-5-3-4-6-8-13-27-20-11-9-10-19(14-20)21(22,23)24/h6,8-11,14,17-18H,3-5,7,12-13,15-16,27H2,1-2H3. The summed E-state index contributed by atoms with van der Waals surface area (Å²) in [7, 11) is -0.664. The van der Waals surface area contributed by atoms with Crippen molar-refractivity contribution >= 4 is 14.7 Å². The lowest BCUT2D eigenvalue weighted by Crippen LogP contribution is -2.45. The van der Waals surface area contributed by atoms with Gasteiger partial charge in [0, 0.05) is 13.1 Å². The third kappa shape index (κ3) is 8.62. The van der Waals surface area contributed by atoms with Crippen LogP contribution in [0.4, 0.5) is 13.2 Å². The molecule has 2 unspecified atom stereocenters. The highest BCUT2D eigenvalue weighted by atomic mass is 28.2. The lowest BCUT2D eigenvalue weighted by atomic mass is 10.1. The van der Waals surface area contributed by atoms with Crippen LogP contribution in [0.1, 0.15) is 45.1 Å². The highest BCUT2D eigenvalue weighted by molar-refractivity contribution is 6.53. The van der Waals surface area contributed by atoms with E-state index in [1.807, 2.05) is 6.07 Å². The van der Waals surface area contributed by atoms with Crippen molar-refractivity contribution in [2.75, 3.05) is 19.6 Å². The molecule has 0 N–H and O–H groups in total. The van der Waals surface area contributed by atoms with Gasteiger partial charge in [0.15, 0.2) is 0 Å². The summed E-state index contributed by atoms with van der Waals surface area (Å²) in [5.41, 5.74) is -0.527. The molecule has 6 heteroatoms. The number of unbranched alkanes of at least 4 members (excludes halogenated alkanes) is 3. The number of allylic oxidation sites excluding steroid dienone is 2. The number of ether oxygens (including phenoxy) is 1. The lowest BCUT2D eigenvalue weighted by Gasteiger charge is -2.35. The lowest BCUT2D eigenvalue weighted by molar-refractivity contribution is -0.137. The van der Waals surface area contributed by atoms with Crippen LogP contribution in [0.3, 0.4) is 0 Å². The van der Waals surface area contributed by atoms with Gasteiger partial charge in [-0.3, -0.25) is 4.90 Å². The Morgan fingerprint density at radius 2 is 1.85 bits per heavy atom. The van der Waals surface area contributed by atoms with Crippen LogP contribution in [-0.4, -0.2) is 46.3 Å². The maximum atomic E-state index is 12.7. The molecule has 0 radical (unpaired) electrons. The van der Waals surface area contributed by atoms with Crippen molar-refractivity contribution in [3.05, 3.63) is 42.0 Å². The number of hydrogen-bond acceptors (Lipinski definition) is 2. The van der Waals surface area contributed by atoms with Crippen LogP contribution in [-0.2, 0) is 10.9 Å². The quantitative estimate of drug-likeness (QED) is 0.351. The predicted molar refractivity (Wildman–Crippen MR) is 108 cm³/mol. The van der Waals surface area contributed by atoms with Gasteiger partial charge in [-0.15, -0.1) is 0 Å². The molecule has 1 aliphatic heterocycles. The Kier molecular flexibility index (Phi) is 9.06. The molecule has 0 spiro atoms. The average molecular weight is 400 g/mol. The van der Waals surface area contributed by atoms with Crippen molar-refractivity contribution in [2.45, 2.75) is 64.0 Å². The zero-order valence-corrected chi connectivity index (χ0v) is 17.9. The van der Waals surface area contributed by atoms with Gasteiger partial charge in [-0.25, -0.2) is 0 Å². The van der Waals surface area contributed by atoms with Gasteiger partial charge < -0.3 is 4.74 Å². The Balaban J connectivity index is 1.54. The van der Waals surface area contributed by atoms with E-state index in [1.165, 1.54) is 31.4 Å². The predicted octanol–water partition coefficient (Wildman–Crippen LogP) is 4.14. The van der Waals surface area contributed by atoms with Crippen LogP contribution < -0.4 is 5.19 Å². The first-order valence-electron chi connectivity index (χ1n) is 10.0. The second-order valence-corrected chi connectivity index (χ2v) is 9.47. The van der Waals surface area contributed by atoms with Gasteiger partial charge in [0.1, 0.15) is 0 Å². The topological polar surface area (TPSA) is 12.5 Å². The SMILES string of the molecule is CC1CN(CCCCCC=CC[SiH2]c2cccc(C(F)(F)F)c2)CC(C)O1. The monoisotopic (exact) mass is 399 g/mol. The molecule has 0 amide bonds. The minimum atomic E-state index is -4.24. The van der Waals surface area contributed by atoms with E-state index in [-0.39, 0.29) is 0 Å². The number of halogens is 3. The fourth-order valence-corrected chi connectivity index (χ4v) is 5.03. The first-order valence-corrected chi connectivity index (χ1v) is 11.7. The van der Waals surface area contributed by atoms with Crippen LogP contribution in [0.2, 0.25) is 6.04 Å². The summed E-state index contributed by atoms with van der Waals surface area (Å²) in [4.78, 5) is 2.50. The molecule has 1 saturated heterocycles. The Morgan fingerprint density at radius 3 is 2.56 bits per heavy atom. The van der Waals surface area contributed by atoms with Crippen molar-refractivity contribution in [1.29, 1.82) is 0 Å². The Bertz CT molecular complexity index is 581. The zero-order chi connectivity index (χ0) is 19.7. The third-order valence-corrected chi connectivity index (χ3v) is 6.50.